The average molecular weight is 198 g/mol. The van der Waals surface area contributed by atoms with E-state index in [0.29, 0.717) is 19.4 Å². The molecule has 1 aliphatic carbocycles. The average Bonchev–Trinajstić information content (AvgIpc) is 2.34. The van der Waals surface area contributed by atoms with Crippen LogP contribution in [0.5, 0.6) is 0 Å². The Hall–Kier alpha value is -0.860. The van der Waals surface area contributed by atoms with Crippen LogP contribution in [0.25, 0.3) is 0 Å². The lowest BCUT2D eigenvalue weighted by atomic mass is 9.78. The van der Waals surface area contributed by atoms with Gasteiger partial charge >= 0.3 is 5.97 Å². The zero-order valence-corrected chi connectivity index (χ0v) is 9.13. The van der Waals surface area contributed by atoms with Gasteiger partial charge < -0.3 is 4.74 Å². The first-order valence-electron chi connectivity index (χ1n) is 5.18. The van der Waals surface area contributed by atoms with E-state index in [1.807, 2.05) is 13.8 Å². The normalized spacial score (nSPS) is 31.9. The van der Waals surface area contributed by atoms with E-state index >= 15 is 0 Å². The Morgan fingerprint density at radius 3 is 2.71 bits per heavy atom. The van der Waals surface area contributed by atoms with Crippen LogP contribution in [0.1, 0.15) is 40.0 Å². The van der Waals surface area contributed by atoms with Gasteiger partial charge in [-0.1, -0.05) is 13.8 Å². The Kier molecular flexibility index (Phi) is 3.29. The van der Waals surface area contributed by atoms with Crippen LogP contribution in [0.15, 0.2) is 0 Å². The molecule has 0 bridgehead atoms. The molecule has 2 unspecified atom stereocenters. The third kappa shape index (κ3) is 2.14. The van der Waals surface area contributed by atoms with Crippen LogP contribution in [0, 0.1) is 11.3 Å². The minimum absolute atomic E-state index is 0.00749. The number of esters is 1. The molecule has 1 rings (SSSR count). The van der Waals surface area contributed by atoms with E-state index in [-0.39, 0.29) is 23.1 Å². The molecule has 0 saturated heterocycles. The van der Waals surface area contributed by atoms with Gasteiger partial charge in [0, 0.05) is 12.3 Å². The molecule has 0 N–H and O–H groups in total. The molecule has 1 saturated carbocycles. The molecule has 14 heavy (non-hydrogen) atoms. The zero-order chi connectivity index (χ0) is 10.8. The fraction of sp³-hybridized carbons (Fsp3) is 0.818. The molecular weight excluding hydrogens is 180 g/mol. The van der Waals surface area contributed by atoms with E-state index in [0.717, 1.165) is 6.42 Å². The number of hydrogen-bond donors (Lipinski definition) is 0. The predicted octanol–water partition coefficient (Wildman–Crippen LogP) is 1.94. The molecule has 0 radical (unpaired) electrons. The summed E-state index contributed by atoms with van der Waals surface area (Å²) in [6, 6.07) is 0. The van der Waals surface area contributed by atoms with Gasteiger partial charge in [-0.25, -0.2) is 0 Å². The fourth-order valence-electron chi connectivity index (χ4n) is 2.01. The third-order valence-electron chi connectivity index (χ3n) is 3.32. The second kappa shape index (κ2) is 4.11. The summed E-state index contributed by atoms with van der Waals surface area (Å²) in [5.41, 5.74) is -0.177. The lowest BCUT2D eigenvalue weighted by Crippen LogP contribution is -2.27. The predicted molar refractivity (Wildman–Crippen MR) is 52.8 cm³/mol. The number of Topliss-reactive ketones (excluding diaryl/α,β-unsaturated/α-hetero) is 1. The molecule has 0 aromatic heterocycles. The monoisotopic (exact) mass is 198 g/mol. The standard InChI is InChI=1S/C11H18O3/c1-4-14-10(13)7-11(3)6-5-9(12)8(11)2/h8H,4-7H2,1-3H3. The molecule has 3 nitrogen and oxygen atoms in total. The number of hydrogen-bond acceptors (Lipinski definition) is 3. The van der Waals surface area contributed by atoms with E-state index in [9.17, 15) is 9.59 Å². The van der Waals surface area contributed by atoms with Crippen LogP contribution in [0.4, 0.5) is 0 Å². The molecule has 0 aromatic rings. The molecule has 80 valence electrons. The highest BCUT2D eigenvalue weighted by atomic mass is 16.5. The minimum Gasteiger partial charge on any atom is -0.466 e. The highest BCUT2D eigenvalue weighted by Crippen LogP contribution is 2.43. The first-order chi connectivity index (χ1) is 6.49. The SMILES string of the molecule is CCOC(=O)CC1(C)CCC(=O)C1C. The van der Waals surface area contributed by atoms with Crippen LogP contribution in [0.2, 0.25) is 0 Å². The van der Waals surface area contributed by atoms with E-state index in [1.165, 1.54) is 0 Å². The Morgan fingerprint density at radius 1 is 1.64 bits per heavy atom. The molecule has 0 amide bonds. The summed E-state index contributed by atoms with van der Waals surface area (Å²) in [5, 5.41) is 0. The van der Waals surface area contributed by atoms with Gasteiger partial charge in [0.05, 0.1) is 13.0 Å². The Morgan fingerprint density at radius 2 is 2.29 bits per heavy atom. The summed E-state index contributed by atoms with van der Waals surface area (Å²) in [4.78, 5) is 22.7. The van der Waals surface area contributed by atoms with Gasteiger partial charge in [-0.3, -0.25) is 9.59 Å². The largest absolute Gasteiger partial charge is 0.466 e. The van der Waals surface area contributed by atoms with Crippen molar-refractivity contribution >= 4 is 11.8 Å². The van der Waals surface area contributed by atoms with Gasteiger partial charge in [-0.15, -0.1) is 0 Å². The molecule has 0 heterocycles. The van der Waals surface area contributed by atoms with Crippen LogP contribution >= 0.6 is 0 Å². The number of carbonyl (C=O) groups is 2. The molecule has 0 spiro atoms. The van der Waals surface area contributed by atoms with Crippen molar-refractivity contribution < 1.29 is 14.3 Å². The van der Waals surface area contributed by atoms with E-state index in [4.69, 9.17) is 4.74 Å². The molecule has 1 aliphatic rings. The van der Waals surface area contributed by atoms with Crippen LogP contribution in [-0.2, 0) is 14.3 Å². The summed E-state index contributed by atoms with van der Waals surface area (Å²) in [5.74, 6) is 0.0836. The number of ether oxygens (including phenoxy) is 1. The van der Waals surface area contributed by atoms with Gasteiger partial charge in [0.25, 0.3) is 0 Å². The van der Waals surface area contributed by atoms with Crippen molar-refractivity contribution in [3.8, 4) is 0 Å². The lowest BCUT2D eigenvalue weighted by Gasteiger charge is -2.26. The zero-order valence-electron chi connectivity index (χ0n) is 9.13. The third-order valence-corrected chi connectivity index (χ3v) is 3.32. The number of ketones is 1. The Balaban J connectivity index is 2.58. The van der Waals surface area contributed by atoms with E-state index in [1.54, 1.807) is 6.92 Å². The molecule has 2 atom stereocenters. The summed E-state index contributed by atoms with van der Waals surface area (Å²) in [7, 11) is 0. The van der Waals surface area contributed by atoms with Crippen molar-refractivity contribution in [3.63, 3.8) is 0 Å². The van der Waals surface area contributed by atoms with E-state index in [2.05, 4.69) is 0 Å². The van der Waals surface area contributed by atoms with Gasteiger partial charge in [-0.05, 0) is 18.8 Å². The Bertz CT molecular complexity index is 247. The van der Waals surface area contributed by atoms with Gasteiger partial charge in [-0.2, -0.15) is 0 Å². The van der Waals surface area contributed by atoms with Crippen molar-refractivity contribution in [2.75, 3.05) is 6.61 Å². The summed E-state index contributed by atoms with van der Waals surface area (Å²) in [6.45, 7) is 6.12. The van der Waals surface area contributed by atoms with Gasteiger partial charge in [0.1, 0.15) is 5.78 Å². The molecule has 0 aromatic carbocycles. The van der Waals surface area contributed by atoms with Crippen LogP contribution in [0.3, 0.4) is 0 Å². The second-order valence-corrected chi connectivity index (χ2v) is 4.32. The van der Waals surface area contributed by atoms with E-state index < -0.39 is 0 Å². The van der Waals surface area contributed by atoms with Crippen molar-refractivity contribution in [1.29, 1.82) is 0 Å². The first-order valence-corrected chi connectivity index (χ1v) is 5.18. The lowest BCUT2D eigenvalue weighted by molar-refractivity contribution is -0.146. The smallest absolute Gasteiger partial charge is 0.306 e. The van der Waals surface area contributed by atoms with Crippen molar-refractivity contribution in [2.24, 2.45) is 11.3 Å². The minimum atomic E-state index is -0.184. The van der Waals surface area contributed by atoms with Crippen LogP contribution in [-0.4, -0.2) is 18.4 Å². The molecule has 0 aliphatic heterocycles. The van der Waals surface area contributed by atoms with Gasteiger partial charge in [0.15, 0.2) is 0 Å². The van der Waals surface area contributed by atoms with Crippen molar-refractivity contribution in [3.05, 3.63) is 0 Å². The van der Waals surface area contributed by atoms with Crippen molar-refractivity contribution in [1.82, 2.24) is 0 Å². The maximum absolute atomic E-state index is 11.4. The first kappa shape index (κ1) is 11.2. The quantitative estimate of drug-likeness (QED) is 0.651. The topological polar surface area (TPSA) is 43.4 Å². The molecular formula is C11H18O3. The highest BCUT2D eigenvalue weighted by molar-refractivity contribution is 5.85. The Labute approximate surface area is 84.8 Å². The fourth-order valence-corrected chi connectivity index (χ4v) is 2.01. The number of carbonyl (C=O) groups excluding carboxylic acids is 2. The van der Waals surface area contributed by atoms with Gasteiger partial charge in [0.2, 0.25) is 0 Å². The summed E-state index contributed by atoms with van der Waals surface area (Å²) >= 11 is 0. The number of rotatable bonds is 3. The molecule has 1 fully saturated rings. The van der Waals surface area contributed by atoms with Crippen LogP contribution < -0.4 is 0 Å². The second-order valence-electron chi connectivity index (χ2n) is 4.32. The van der Waals surface area contributed by atoms with Crippen molar-refractivity contribution in [2.45, 2.75) is 40.0 Å². The highest BCUT2D eigenvalue weighted by Gasteiger charge is 2.43. The summed E-state index contributed by atoms with van der Waals surface area (Å²) < 4.78 is 4.90. The maximum Gasteiger partial charge on any atom is 0.306 e. The molecule has 3 heteroatoms. The summed E-state index contributed by atoms with van der Waals surface area (Å²) in [6.07, 6.45) is 1.79. The maximum atomic E-state index is 11.4.